The molecule has 3 heterocycles. The summed E-state index contributed by atoms with van der Waals surface area (Å²) in [4.78, 5) is 17.5. The van der Waals surface area contributed by atoms with E-state index in [2.05, 4.69) is 15.4 Å². The van der Waals surface area contributed by atoms with Crippen LogP contribution in [-0.2, 0) is 0 Å². The summed E-state index contributed by atoms with van der Waals surface area (Å²) in [5.74, 6) is 0.863. The van der Waals surface area contributed by atoms with Crippen LogP contribution in [0.1, 0.15) is 42.4 Å². The second-order valence-electron chi connectivity index (χ2n) is 7.00. The fourth-order valence-corrected chi connectivity index (χ4v) is 3.34. The summed E-state index contributed by atoms with van der Waals surface area (Å²) in [6.07, 6.45) is 2.52. The van der Waals surface area contributed by atoms with Crippen molar-refractivity contribution in [3.8, 4) is 11.5 Å². The van der Waals surface area contributed by atoms with Gasteiger partial charge in [-0.05, 0) is 26.8 Å². The predicted molar refractivity (Wildman–Crippen MR) is 108 cm³/mol. The van der Waals surface area contributed by atoms with Gasteiger partial charge in [-0.1, -0.05) is 11.6 Å². The molecule has 1 aromatic carbocycles. The number of anilines is 1. The lowest BCUT2D eigenvalue weighted by Crippen LogP contribution is -2.15. The summed E-state index contributed by atoms with van der Waals surface area (Å²) in [5, 5.41) is 8.42. The first-order valence-electron chi connectivity index (χ1n) is 9.19. The summed E-state index contributed by atoms with van der Waals surface area (Å²) in [6.45, 7) is 7.01. The van der Waals surface area contributed by atoms with Crippen molar-refractivity contribution in [2.75, 3.05) is 18.5 Å². The Morgan fingerprint density at radius 3 is 2.64 bits per heavy atom. The van der Waals surface area contributed by atoms with Gasteiger partial charge < -0.3 is 14.8 Å². The molecule has 0 aliphatic carbocycles. The molecule has 1 amide bonds. The Hall–Kier alpha value is -2.80. The zero-order chi connectivity index (χ0) is 19.8. The number of amides is 1. The lowest BCUT2D eigenvalue weighted by molar-refractivity contribution is 0.102. The molecule has 28 heavy (non-hydrogen) atoms. The van der Waals surface area contributed by atoms with Crippen LogP contribution in [0, 0.1) is 6.92 Å². The number of aromatic nitrogens is 3. The molecule has 0 saturated carbocycles. The summed E-state index contributed by atoms with van der Waals surface area (Å²) in [7, 11) is 0. The number of hydrogen-bond donors (Lipinski definition) is 1. The van der Waals surface area contributed by atoms with Gasteiger partial charge in [-0.2, -0.15) is 5.10 Å². The van der Waals surface area contributed by atoms with E-state index in [4.69, 9.17) is 21.1 Å². The smallest absolute Gasteiger partial charge is 0.257 e. The average molecular weight is 401 g/mol. The maximum absolute atomic E-state index is 12.9. The molecular weight excluding hydrogens is 380 g/mol. The van der Waals surface area contributed by atoms with Gasteiger partial charge in [-0.15, -0.1) is 0 Å². The van der Waals surface area contributed by atoms with Crippen molar-refractivity contribution >= 4 is 34.2 Å². The maximum Gasteiger partial charge on any atom is 0.257 e. The average Bonchev–Trinajstić information content (AvgIpc) is 2.93. The molecule has 0 atom stereocenters. The van der Waals surface area contributed by atoms with Crippen LogP contribution in [0.3, 0.4) is 0 Å². The predicted octanol–water partition coefficient (Wildman–Crippen LogP) is 4.39. The number of hydrogen-bond acceptors (Lipinski definition) is 5. The van der Waals surface area contributed by atoms with Crippen LogP contribution in [0.25, 0.3) is 11.0 Å². The van der Waals surface area contributed by atoms with Crippen LogP contribution in [0.2, 0.25) is 5.02 Å². The number of fused-ring (bicyclic) bond motifs is 2. The molecule has 0 bridgehead atoms. The van der Waals surface area contributed by atoms with Gasteiger partial charge in [0.2, 0.25) is 0 Å². The fraction of sp³-hybridized carbons (Fsp3) is 0.350. The lowest BCUT2D eigenvalue weighted by atomic mass is 10.1. The molecular formula is C20H21ClN4O3. The summed E-state index contributed by atoms with van der Waals surface area (Å²) >= 11 is 6.34. The summed E-state index contributed by atoms with van der Waals surface area (Å²) in [5.41, 5.74) is 2.32. The van der Waals surface area contributed by atoms with E-state index in [1.165, 1.54) is 0 Å². The lowest BCUT2D eigenvalue weighted by Gasteiger charge is -2.13. The third-order valence-corrected chi connectivity index (χ3v) is 4.89. The van der Waals surface area contributed by atoms with E-state index in [1.54, 1.807) is 24.4 Å². The molecule has 1 N–H and O–H groups in total. The monoisotopic (exact) mass is 400 g/mol. The van der Waals surface area contributed by atoms with Crippen LogP contribution < -0.4 is 14.8 Å². The van der Waals surface area contributed by atoms with Crippen LogP contribution in [-0.4, -0.2) is 33.9 Å². The van der Waals surface area contributed by atoms with E-state index in [0.29, 0.717) is 46.7 Å². The van der Waals surface area contributed by atoms with E-state index in [9.17, 15) is 4.79 Å². The number of carbonyl (C=O) groups excluding carboxylic acids is 1. The molecule has 7 nitrogen and oxygen atoms in total. The van der Waals surface area contributed by atoms with Gasteiger partial charge in [0.1, 0.15) is 0 Å². The Morgan fingerprint density at radius 1 is 1.21 bits per heavy atom. The van der Waals surface area contributed by atoms with Crippen molar-refractivity contribution in [2.45, 2.75) is 33.2 Å². The van der Waals surface area contributed by atoms with E-state index in [-0.39, 0.29) is 11.9 Å². The minimum Gasteiger partial charge on any atom is -0.490 e. The quantitative estimate of drug-likeness (QED) is 0.705. The first kappa shape index (κ1) is 18.6. The molecule has 146 valence electrons. The Bertz CT molecular complexity index is 1060. The molecule has 0 spiro atoms. The molecule has 1 aliphatic rings. The van der Waals surface area contributed by atoms with Crippen molar-refractivity contribution in [2.24, 2.45) is 0 Å². The van der Waals surface area contributed by atoms with Crippen LogP contribution in [0.15, 0.2) is 24.4 Å². The first-order valence-corrected chi connectivity index (χ1v) is 9.57. The molecule has 0 radical (unpaired) electrons. The Labute approximate surface area is 167 Å². The number of halogens is 1. The number of pyridine rings is 1. The number of benzene rings is 1. The van der Waals surface area contributed by atoms with Crippen LogP contribution in [0.4, 0.5) is 5.69 Å². The van der Waals surface area contributed by atoms with Crippen molar-refractivity contribution in [3.05, 3.63) is 40.7 Å². The second kappa shape index (κ2) is 7.31. The van der Waals surface area contributed by atoms with Crippen LogP contribution in [0.5, 0.6) is 11.5 Å². The fourth-order valence-electron chi connectivity index (χ4n) is 3.14. The highest BCUT2D eigenvalue weighted by Gasteiger charge is 2.19. The third-order valence-electron chi connectivity index (χ3n) is 4.58. The largest absolute Gasteiger partial charge is 0.490 e. The molecule has 1 aliphatic heterocycles. The van der Waals surface area contributed by atoms with E-state index in [0.717, 1.165) is 17.5 Å². The Kier molecular flexibility index (Phi) is 4.85. The molecule has 0 unspecified atom stereocenters. The van der Waals surface area contributed by atoms with Gasteiger partial charge >= 0.3 is 0 Å². The number of aryl methyl sites for hydroxylation is 1. The van der Waals surface area contributed by atoms with Crippen molar-refractivity contribution < 1.29 is 14.3 Å². The van der Waals surface area contributed by atoms with Gasteiger partial charge in [-0.3, -0.25) is 4.79 Å². The Morgan fingerprint density at radius 2 is 1.93 bits per heavy atom. The normalized spacial score (nSPS) is 13.6. The van der Waals surface area contributed by atoms with Gasteiger partial charge in [0.25, 0.3) is 5.91 Å². The van der Waals surface area contributed by atoms with Gasteiger partial charge in [0, 0.05) is 30.0 Å². The van der Waals surface area contributed by atoms with E-state index >= 15 is 0 Å². The van der Waals surface area contributed by atoms with Crippen LogP contribution >= 0.6 is 11.6 Å². The zero-order valence-corrected chi connectivity index (χ0v) is 16.7. The maximum atomic E-state index is 12.9. The summed E-state index contributed by atoms with van der Waals surface area (Å²) < 4.78 is 13.1. The summed E-state index contributed by atoms with van der Waals surface area (Å²) in [6, 6.07) is 5.35. The minimum atomic E-state index is -0.291. The number of nitrogens with one attached hydrogen (secondary N) is 1. The number of ether oxygens (including phenoxy) is 2. The highest BCUT2D eigenvalue weighted by atomic mass is 35.5. The van der Waals surface area contributed by atoms with Crippen molar-refractivity contribution in [1.29, 1.82) is 0 Å². The first-order chi connectivity index (χ1) is 13.4. The molecule has 8 heteroatoms. The highest BCUT2D eigenvalue weighted by molar-refractivity contribution is 6.34. The molecule has 0 fully saturated rings. The van der Waals surface area contributed by atoms with Crippen molar-refractivity contribution in [3.63, 3.8) is 0 Å². The van der Waals surface area contributed by atoms with Gasteiger partial charge in [0.15, 0.2) is 17.1 Å². The second-order valence-corrected chi connectivity index (χ2v) is 7.41. The number of nitrogens with zero attached hydrogens (tertiary/aromatic N) is 3. The van der Waals surface area contributed by atoms with Gasteiger partial charge in [0.05, 0.1) is 41.4 Å². The molecule has 3 aromatic rings. The Balaban J connectivity index is 1.65. The molecule has 4 rings (SSSR count). The molecule has 2 aromatic heterocycles. The standard InChI is InChI=1S/C20H21ClN4O3/c1-11(2)25-19-13(10-22-25)7-14(12(3)23-19)20(26)24-16-9-18-17(8-15(16)21)27-5-4-6-28-18/h7-11H,4-6H2,1-3H3,(H,24,26). The number of rotatable bonds is 3. The number of carbonyl (C=O) groups is 1. The zero-order valence-electron chi connectivity index (χ0n) is 16.0. The SMILES string of the molecule is Cc1nc2c(cnn2C(C)C)cc1C(=O)Nc1cc2c(cc1Cl)OCCCO2. The van der Waals surface area contributed by atoms with Gasteiger partial charge in [-0.25, -0.2) is 9.67 Å². The van der Waals surface area contributed by atoms with Crippen molar-refractivity contribution in [1.82, 2.24) is 14.8 Å². The molecule has 0 saturated heterocycles. The highest BCUT2D eigenvalue weighted by Crippen LogP contribution is 2.38. The topological polar surface area (TPSA) is 78.3 Å². The third kappa shape index (κ3) is 3.38. The van der Waals surface area contributed by atoms with E-state index < -0.39 is 0 Å². The minimum absolute atomic E-state index is 0.185. The van der Waals surface area contributed by atoms with E-state index in [1.807, 2.05) is 25.5 Å².